The molecule has 0 heterocycles. The van der Waals surface area contributed by atoms with Crippen LogP contribution in [-0.2, 0) is 0 Å². The van der Waals surface area contributed by atoms with E-state index in [1.54, 1.807) is 13.1 Å². The third kappa shape index (κ3) is 2.40. The maximum Gasteiger partial charge on any atom is 0.0776 e. The van der Waals surface area contributed by atoms with Crippen molar-refractivity contribution in [1.29, 1.82) is 0 Å². The zero-order chi connectivity index (χ0) is 7.98. The molecule has 0 bridgehead atoms. The third-order valence-electron chi connectivity index (χ3n) is 1.09. The highest BCUT2D eigenvalue weighted by Gasteiger charge is 1.93. The molecule has 0 aliphatic carbocycles. The molecular weight excluding hydrogens is 124 g/mol. The Labute approximate surface area is 61.7 Å². The van der Waals surface area contributed by atoms with E-state index < -0.39 is 0 Å². The summed E-state index contributed by atoms with van der Waals surface area (Å²) >= 11 is 0. The zero-order valence-corrected chi connectivity index (χ0v) is 6.46. The van der Waals surface area contributed by atoms with Crippen LogP contribution >= 0.6 is 0 Å². The molecule has 0 saturated carbocycles. The van der Waals surface area contributed by atoms with E-state index in [9.17, 15) is 0 Å². The standard InChI is InChI=1S/C8H12N2/c1-5-8(9-4)7(3)10-6-2/h5-6H,1-2H2,3-4H3. The predicted molar refractivity (Wildman–Crippen MR) is 46.9 cm³/mol. The number of aliphatic imine (C=N–C) groups is 2. The Hall–Kier alpha value is -1.18. The molecular formula is C8H12N2. The van der Waals surface area contributed by atoms with Crippen LogP contribution < -0.4 is 0 Å². The SMILES string of the molecule is C=CN=C(C)C(C=C)=NC. The monoisotopic (exact) mass is 136 g/mol. The Morgan fingerprint density at radius 1 is 1.40 bits per heavy atom. The van der Waals surface area contributed by atoms with E-state index in [4.69, 9.17) is 0 Å². The van der Waals surface area contributed by atoms with E-state index in [0.29, 0.717) is 0 Å². The molecule has 0 aliphatic heterocycles. The van der Waals surface area contributed by atoms with E-state index in [1.165, 1.54) is 6.20 Å². The van der Waals surface area contributed by atoms with Gasteiger partial charge in [0.1, 0.15) is 0 Å². The lowest BCUT2D eigenvalue weighted by atomic mass is 10.2. The largest absolute Gasteiger partial charge is 0.287 e. The molecule has 0 atom stereocenters. The number of hydrogen-bond donors (Lipinski definition) is 0. The second-order valence-electron chi connectivity index (χ2n) is 1.71. The lowest BCUT2D eigenvalue weighted by Crippen LogP contribution is -2.05. The van der Waals surface area contributed by atoms with E-state index in [1.807, 2.05) is 6.92 Å². The van der Waals surface area contributed by atoms with Crippen LogP contribution in [0.2, 0.25) is 0 Å². The highest BCUT2D eigenvalue weighted by molar-refractivity contribution is 6.45. The first-order valence-electron chi connectivity index (χ1n) is 3.01. The Balaban J connectivity index is 4.45. The molecule has 0 aliphatic rings. The minimum absolute atomic E-state index is 0.805. The topological polar surface area (TPSA) is 24.7 Å². The summed E-state index contributed by atoms with van der Waals surface area (Å²) in [6, 6.07) is 0. The van der Waals surface area contributed by atoms with Crippen LogP contribution in [0.1, 0.15) is 6.92 Å². The second-order valence-corrected chi connectivity index (χ2v) is 1.71. The normalized spacial score (nSPS) is 13.0. The fourth-order valence-electron chi connectivity index (χ4n) is 0.604. The number of hydrogen-bond acceptors (Lipinski definition) is 2. The summed E-state index contributed by atoms with van der Waals surface area (Å²) in [6.45, 7) is 8.93. The summed E-state index contributed by atoms with van der Waals surface area (Å²) in [5, 5.41) is 0. The lowest BCUT2D eigenvalue weighted by molar-refractivity contribution is 1.45. The third-order valence-corrected chi connectivity index (χ3v) is 1.09. The summed E-state index contributed by atoms with van der Waals surface area (Å²) in [7, 11) is 1.71. The van der Waals surface area contributed by atoms with Crippen LogP contribution in [0.3, 0.4) is 0 Å². The van der Waals surface area contributed by atoms with Crippen molar-refractivity contribution in [3.8, 4) is 0 Å². The van der Waals surface area contributed by atoms with E-state index in [2.05, 4.69) is 23.1 Å². The van der Waals surface area contributed by atoms with Gasteiger partial charge in [-0.1, -0.05) is 13.2 Å². The summed E-state index contributed by atoms with van der Waals surface area (Å²) < 4.78 is 0. The van der Waals surface area contributed by atoms with Gasteiger partial charge in [0.25, 0.3) is 0 Å². The van der Waals surface area contributed by atoms with E-state index >= 15 is 0 Å². The molecule has 0 amide bonds. The van der Waals surface area contributed by atoms with E-state index in [-0.39, 0.29) is 0 Å². The summed E-state index contributed by atoms with van der Waals surface area (Å²) in [6.07, 6.45) is 3.16. The summed E-state index contributed by atoms with van der Waals surface area (Å²) in [5.41, 5.74) is 1.65. The van der Waals surface area contributed by atoms with Gasteiger partial charge in [-0.2, -0.15) is 0 Å². The lowest BCUT2D eigenvalue weighted by Gasteiger charge is -1.94. The van der Waals surface area contributed by atoms with Crippen molar-refractivity contribution in [2.75, 3.05) is 7.05 Å². The first-order chi connectivity index (χ1) is 4.76. The van der Waals surface area contributed by atoms with Gasteiger partial charge in [-0.3, -0.25) is 9.98 Å². The van der Waals surface area contributed by atoms with Gasteiger partial charge in [-0.15, -0.1) is 0 Å². The van der Waals surface area contributed by atoms with Crippen molar-refractivity contribution in [3.63, 3.8) is 0 Å². The maximum absolute atomic E-state index is 3.95. The Morgan fingerprint density at radius 3 is 2.30 bits per heavy atom. The van der Waals surface area contributed by atoms with Gasteiger partial charge < -0.3 is 0 Å². The van der Waals surface area contributed by atoms with Gasteiger partial charge in [-0.05, 0) is 13.0 Å². The van der Waals surface area contributed by atoms with Gasteiger partial charge in [0.2, 0.25) is 0 Å². The number of nitrogens with zero attached hydrogens (tertiary/aromatic N) is 2. The fraction of sp³-hybridized carbons (Fsp3) is 0.250. The molecule has 0 fully saturated rings. The van der Waals surface area contributed by atoms with Crippen molar-refractivity contribution in [1.82, 2.24) is 0 Å². The Morgan fingerprint density at radius 2 is 2.00 bits per heavy atom. The average Bonchev–Trinajstić information content (AvgIpc) is 1.91. The molecule has 0 spiro atoms. The zero-order valence-electron chi connectivity index (χ0n) is 6.46. The van der Waals surface area contributed by atoms with Crippen molar-refractivity contribution >= 4 is 11.4 Å². The van der Waals surface area contributed by atoms with Crippen LogP contribution in [0.4, 0.5) is 0 Å². The molecule has 54 valence electrons. The van der Waals surface area contributed by atoms with Crippen LogP contribution in [0, 0.1) is 0 Å². The van der Waals surface area contributed by atoms with Crippen LogP contribution in [0.15, 0.2) is 35.4 Å². The molecule has 0 aromatic rings. The molecule has 0 unspecified atom stereocenters. The molecule has 10 heavy (non-hydrogen) atoms. The minimum Gasteiger partial charge on any atom is -0.287 e. The molecule has 0 saturated heterocycles. The van der Waals surface area contributed by atoms with Gasteiger partial charge in [0, 0.05) is 13.2 Å². The predicted octanol–water partition coefficient (Wildman–Crippen LogP) is 1.85. The molecule has 0 N–H and O–H groups in total. The minimum atomic E-state index is 0.805. The van der Waals surface area contributed by atoms with E-state index in [0.717, 1.165) is 11.4 Å². The van der Waals surface area contributed by atoms with Gasteiger partial charge in [0.05, 0.1) is 11.4 Å². The molecule has 2 nitrogen and oxygen atoms in total. The molecule has 0 rings (SSSR count). The number of rotatable bonds is 3. The van der Waals surface area contributed by atoms with Crippen LogP contribution in [0.5, 0.6) is 0 Å². The van der Waals surface area contributed by atoms with Gasteiger partial charge in [0.15, 0.2) is 0 Å². The van der Waals surface area contributed by atoms with Crippen molar-refractivity contribution < 1.29 is 0 Å². The summed E-state index contributed by atoms with van der Waals surface area (Å²) in [5.74, 6) is 0. The summed E-state index contributed by atoms with van der Waals surface area (Å²) in [4.78, 5) is 7.89. The fourth-order valence-corrected chi connectivity index (χ4v) is 0.604. The van der Waals surface area contributed by atoms with Crippen LogP contribution in [0.25, 0.3) is 0 Å². The van der Waals surface area contributed by atoms with Crippen molar-refractivity contribution in [3.05, 3.63) is 25.4 Å². The quantitative estimate of drug-likeness (QED) is 0.529. The highest BCUT2D eigenvalue weighted by Crippen LogP contribution is 1.85. The first-order valence-corrected chi connectivity index (χ1v) is 3.01. The molecule has 0 radical (unpaired) electrons. The Bertz CT molecular complexity index is 187. The van der Waals surface area contributed by atoms with Crippen LogP contribution in [-0.4, -0.2) is 18.5 Å². The second kappa shape index (κ2) is 4.68. The molecule has 2 heteroatoms. The number of allylic oxidation sites excluding steroid dienone is 1. The molecule has 0 aromatic carbocycles. The Kier molecular flexibility index (Phi) is 4.12. The first kappa shape index (κ1) is 8.82. The smallest absolute Gasteiger partial charge is 0.0776 e. The average molecular weight is 136 g/mol. The van der Waals surface area contributed by atoms with Gasteiger partial charge in [-0.25, -0.2) is 0 Å². The van der Waals surface area contributed by atoms with Crippen molar-refractivity contribution in [2.45, 2.75) is 6.92 Å². The van der Waals surface area contributed by atoms with Gasteiger partial charge >= 0.3 is 0 Å². The highest BCUT2D eigenvalue weighted by atomic mass is 14.8. The van der Waals surface area contributed by atoms with Crippen molar-refractivity contribution in [2.24, 2.45) is 9.98 Å². The molecule has 0 aromatic heterocycles. The maximum atomic E-state index is 3.95.